The number of nitrogens with zero attached hydrogens (tertiary/aromatic N) is 2. The highest BCUT2D eigenvalue weighted by molar-refractivity contribution is 5.92. The van der Waals surface area contributed by atoms with Crippen LogP contribution >= 0.6 is 0 Å². The van der Waals surface area contributed by atoms with Crippen LogP contribution in [-0.4, -0.2) is 29.2 Å². The van der Waals surface area contributed by atoms with Crippen LogP contribution in [-0.2, 0) is 0 Å². The number of carbonyl (C=O) groups is 1. The van der Waals surface area contributed by atoms with Crippen molar-refractivity contribution in [2.75, 3.05) is 12.4 Å². The van der Waals surface area contributed by atoms with Crippen molar-refractivity contribution in [1.82, 2.24) is 15.5 Å². The van der Waals surface area contributed by atoms with E-state index in [0.717, 1.165) is 25.7 Å². The van der Waals surface area contributed by atoms with Gasteiger partial charge in [-0.1, -0.05) is 13.8 Å². The van der Waals surface area contributed by atoms with Crippen LogP contribution in [0.2, 0.25) is 0 Å². The summed E-state index contributed by atoms with van der Waals surface area (Å²) in [5.74, 6) is 0.538. The third kappa shape index (κ3) is 3.66. The van der Waals surface area contributed by atoms with Crippen molar-refractivity contribution < 1.29 is 4.79 Å². The first-order valence-corrected chi connectivity index (χ1v) is 6.82. The normalized spacial score (nSPS) is 18.9. The van der Waals surface area contributed by atoms with Crippen LogP contribution in [0.1, 0.15) is 50.0 Å². The third-order valence-electron chi connectivity index (χ3n) is 3.83. The zero-order valence-electron chi connectivity index (χ0n) is 11.9. The first kappa shape index (κ1) is 13.8. The molecule has 1 amide bonds. The summed E-state index contributed by atoms with van der Waals surface area (Å²) in [6.07, 6.45) is 4.40. The number of rotatable bonds is 3. The second-order valence-electron chi connectivity index (χ2n) is 5.97. The lowest BCUT2D eigenvalue weighted by Crippen LogP contribution is -2.39. The molecule has 0 aromatic carbocycles. The first-order chi connectivity index (χ1) is 9.00. The van der Waals surface area contributed by atoms with Gasteiger partial charge >= 0.3 is 0 Å². The standard InChI is InChI=1S/C14H22N4O/c1-14(2)8-6-10(7-9-14)16-13(19)11-4-5-12(15-3)18-17-11/h4-5,10H,6-9H2,1-3H3,(H,15,18)(H,16,19). The van der Waals surface area contributed by atoms with Gasteiger partial charge in [-0.15, -0.1) is 10.2 Å². The van der Waals surface area contributed by atoms with Gasteiger partial charge in [-0.25, -0.2) is 0 Å². The molecule has 2 rings (SSSR count). The highest BCUT2D eigenvalue weighted by Crippen LogP contribution is 2.34. The average Bonchev–Trinajstić information content (AvgIpc) is 2.41. The van der Waals surface area contributed by atoms with E-state index >= 15 is 0 Å². The molecule has 1 saturated carbocycles. The molecule has 1 fully saturated rings. The molecule has 0 atom stereocenters. The Hall–Kier alpha value is -1.65. The fraction of sp³-hybridized carbons (Fsp3) is 0.643. The van der Waals surface area contributed by atoms with Gasteiger partial charge in [0.2, 0.25) is 0 Å². The lowest BCUT2D eigenvalue weighted by molar-refractivity contribution is 0.0903. The van der Waals surface area contributed by atoms with Crippen molar-refractivity contribution in [2.45, 2.75) is 45.6 Å². The van der Waals surface area contributed by atoms with Crippen molar-refractivity contribution in [3.8, 4) is 0 Å². The van der Waals surface area contributed by atoms with Crippen LogP contribution in [0.25, 0.3) is 0 Å². The molecule has 0 bridgehead atoms. The summed E-state index contributed by atoms with van der Waals surface area (Å²) in [6.45, 7) is 4.57. The molecule has 1 heterocycles. The van der Waals surface area contributed by atoms with Gasteiger partial charge in [0.1, 0.15) is 5.82 Å². The molecule has 19 heavy (non-hydrogen) atoms. The minimum Gasteiger partial charge on any atom is -0.372 e. The highest BCUT2D eigenvalue weighted by Gasteiger charge is 2.27. The van der Waals surface area contributed by atoms with Gasteiger partial charge in [-0.3, -0.25) is 4.79 Å². The quantitative estimate of drug-likeness (QED) is 0.876. The van der Waals surface area contributed by atoms with E-state index in [1.54, 1.807) is 19.2 Å². The molecular formula is C14H22N4O. The number of anilines is 1. The monoisotopic (exact) mass is 262 g/mol. The molecule has 1 aliphatic carbocycles. The minimum absolute atomic E-state index is 0.125. The van der Waals surface area contributed by atoms with Gasteiger partial charge in [0.05, 0.1) is 0 Å². The van der Waals surface area contributed by atoms with Crippen molar-refractivity contribution in [1.29, 1.82) is 0 Å². The number of hydrogen-bond donors (Lipinski definition) is 2. The number of amides is 1. The van der Waals surface area contributed by atoms with Gasteiger partial charge in [-0.2, -0.15) is 0 Å². The molecule has 5 nitrogen and oxygen atoms in total. The van der Waals surface area contributed by atoms with E-state index in [2.05, 4.69) is 34.7 Å². The summed E-state index contributed by atoms with van der Waals surface area (Å²) in [5, 5.41) is 13.8. The Morgan fingerprint density at radius 2 is 1.95 bits per heavy atom. The van der Waals surface area contributed by atoms with E-state index < -0.39 is 0 Å². The maximum atomic E-state index is 12.0. The number of carbonyl (C=O) groups excluding carboxylic acids is 1. The van der Waals surface area contributed by atoms with Crippen molar-refractivity contribution in [3.63, 3.8) is 0 Å². The molecule has 0 unspecified atom stereocenters. The fourth-order valence-corrected chi connectivity index (χ4v) is 2.39. The van der Waals surface area contributed by atoms with E-state index in [4.69, 9.17) is 0 Å². The predicted molar refractivity (Wildman–Crippen MR) is 75.1 cm³/mol. The Morgan fingerprint density at radius 1 is 1.26 bits per heavy atom. The Labute approximate surface area is 114 Å². The predicted octanol–water partition coefficient (Wildman–Crippen LogP) is 2.22. The molecule has 1 aromatic rings. The van der Waals surface area contributed by atoms with Crippen LogP contribution in [0.4, 0.5) is 5.82 Å². The molecule has 0 radical (unpaired) electrons. The Kier molecular flexibility index (Phi) is 4.02. The van der Waals surface area contributed by atoms with Crippen LogP contribution in [0.15, 0.2) is 12.1 Å². The SMILES string of the molecule is CNc1ccc(C(=O)NC2CCC(C)(C)CC2)nn1. The smallest absolute Gasteiger partial charge is 0.272 e. The van der Waals surface area contributed by atoms with Crippen molar-refractivity contribution >= 4 is 11.7 Å². The fourth-order valence-electron chi connectivity index (χ4n) is 2.39. The number of nitrogens with one attached hydrogen (secondary N) is 2. The van der Waals surface area contributed by atoms with Crippen LogP contribution in [0.3, 0.4) is 0 Å². The molecule has 2 N–H and O–H groups in total. The molecule has 0 aliphatic heterocycles. The zero-order valence-corrected chi connectivity index (χ0v) is 11.9. The van der Waals surface area contributed by atoms with E-state index in [9.17, 15) is 4.79 Å². The molecule has 0 spiro atoms. The Bertz CT molecular complexity index is 431. The third-order valence-corrected chi connectivity index (χ3v) is 3.83. The Balaban J connectivity index is 1.90. The molecular weight excluding hydrogens is 240 g/mol. The molecule has 5 heteroatoms. The average molecular weight is 262 g/mol. The van der Waals surface area contributed by atoms with Gasteiger partial charge in [0, 0.05) is 13.1 Å². The van der Waals surface area contributed by atoms with Gasteiger partial charge in [-0.05, 0) is 43.2 Å². The maximum absolute atomic E-state index is 12.0. The summed E-state index contributed by atoms with van der Waals surface area (Å²) in [6, 6.07) is 3.72. The second kappa shape index (κ2) is 5.55. The summed E-state index contributed by atoms with van der Waals surface area (Å²) in [7, 11) is 1.77. The Morgan fingerprint density at radius 3 is 2.47 bits per heavy atom. The lowest BCUT2D eigenvalue weighted by atomic mass is 9.75. The van der Waals surface area contributed by atoms with Gasteiger partial charge < -0.3 is 10.6 Å². The van der Waals surface area contributed by atoms with E-state index in [1.807, 2.05) is 0 Å². The molecule has 104 valence electrons. The maximum Gasteiger partial charge on any atom is 0.272 e. The van der Waals surface area contributed by atoms with Crippen LogP contribution in [0, 0.1) is 5.41 Å². The largest absolute Gasteiger partial charge is 0.372 e. The number of hydrogen-bond acceptors (Lipinski definition) is 4. The molecule has 0 saturated heterocycles. The summed E-state index contributed by atoms with van der Waals surface area (Å²) < 4.78 is 0. The van der Waals surface area contributed by atoms with Crippen molar-refractivity contribution in [3.05, 3.63) is 17.8 Å². The molecule has 1 aliphatic rings. The van der Waals surface area contributed by atoms with Gasteiger partial charge in [0.25, 0.3) is 5.91 Å². The van der Waals surface area contributed by atoms with E-state index in [1.165, 1.54) is 0 Å². The second-order valence-corrected chi connectivity index (χ2v) is 5.97. The topological polar surface area (TPSA) is 66.9 Å². The number of aromatic nitrogens is 2. The summed E-state index contributed by atoms with van der Waals surface area (Å²) >= 11 is 0. The van der Waals surface area contributed by atoms with Crippen molar-refractivity contribution in [2.24, 2.45) is 5.41 Å². The minimum atomic E-state index is -0.125. The molecule has 1 aromatic heterocycles. The first-order valence-electron chi connectivity index (χ1n) is 6.82. The zero-order chi connectivity index (χ0) is 13.9. The lowest BCUT2D eigenvalue weighted by Gasteiger charge is -2.34. The summed E-state index contributed by atoms with van der Waals surface area (Å²) in [5.41, 5.74) is 0.791. The van der Waals surface area contributed by atoms with Crippen LogP contribution in [0.5, 0.6) is 0 Å². The van der Waals surface area contributed by atoms with Gasteiger partial charge in [0.15, 0.2) is 5.69 Å². The highest BCUT2D eigenvalue weighted by atomic mass is 16.2. The summed E-state index contributed by atoms with van der Waals surface area (Å²) in [4.78, 5) is 12.0. The van der Waals surface area contributed by atoms with E-state index in [0.29, 0.717) is 16.9 Å². The van der Waals surface area contributed by atoms with Crippen LogP contribution < -0.4 is 10.6 Å². The van der Waals surface area contributed by atoms with E-state index in [-0.39, 0.29) is 11.9 Å².